The molecule has 0 fully saturated rings. The van der Waals surface area contributed by atoms with E-state index in [1.165, 1.54) is 37.6 Å². The van der Waals surface area contributed by atoms with Crippen molar-refractivity contribution in [3.05, 3.63) is 84.3 Å². The molecule has 1 atom stereocenters. The number of rotatable bonds is 13. The topological polar surface area (TPSA) is 349 Å². The number of anilines is 1. The number of carbonyl (C=O) groups excluding carboxylic acids is 2. The van der Waals surface area contributed by atoms with E-state index in [-0.39, 0.29) is 39.8 Å². The highest BCUT2D eigenvalue weighted by Crippen LogP contribution is 2.34. The average molecular weight is 961 g/mol. The minimum Gasteiger partial charge on any atom is -0.778 e. The number of methoxy groups -OCH3 is 2. The van der Waals surface area contributed by atoms with E-state index in [1.54, 1.807) is 16.9 Å². The first-order valence-corrected chi connectivity index (χ1v) is 23.0. The molecule has 0 aliphatic heterocycles. The van der Waals surface area contributed by atoms with Crippen molar-refractivity contribution in [2.24, 2.45) is 0 Å². The van der Waals surface area contributed by atoms with Gasteiger partial charge in [-0.1, -0.05) is 23.2 Å². The molecular formula is C31H36Cl2N7O16PS3. The molecule has 2 amide bonds. The normalized spacial score (nSPS) is 11.4. The first-order chi connectivity index (χ1) is 27.8. The minimum atomic E-state index is -4.37. The Morgan fingerprint density at radius 1 is 1.02 bits per heavy atom. The predicted octanol–water partition coefficient (Wildman–Crippen LogP) is 3.60. The van der Waals surface area contributed by atoms with E-state index in [1.807, 2.05) is 5.32 Å². The van der Waals surface area contributed by atoms with Crippen LogP contribution in [-0.4, -0.2) is 113 Å². The lowest BCUT2D eigenvalue weighted by Crippen LogP contribution is -2.35. The van der Waals surface area contributed by atoms with E-state index in [0.29, 0.717) is 21.7 Å². The molecule has 0 radical (unpaired) electrons. The number of nitro groups is 1. The molecule has 0 spiro atoms. The zero-order valence-electron chi connectivity index (χ0n) is 31.9. The van der Waals surface area contributed by atoms with Crippen molar-refractivity contribution in [3.8, 4) is 17.5 Å². The SMILES string of the molecule is COC(=O)c1cc(Oc2ccc(Cl)cc2Cl)ccc1[N+](=O)[O-].COc1nc(C)nc(NC(=O)NS(=O)(=O)c2ccsc2C(=O)O)n1.C[S+](C)C.O=C(O)CNCP(=O)([O-])O. The number of nitrogens with one attached hydrogen (secondary N) is 3. The van der Waals surface area contributed by atoms with Gasteiger partial charge in [-0.05, 0) is 53.5 Å². The molecular weight excluding hydrogens is 924 g/mol. The molecule has 23 nitrogen and oxygen atoms in total. The standard InChI is InChI=1S/C14H9Cl2NO5.C11H11N5O6S2.C3H8NO5P.C3H9S/c1-21-14(18)10-7-9(3-4-12(10)17(19)20)22-13-5-2-8(15)6-11(13)16;1-5-12-9(15-11(13-5)22-2)14-10(19)16-24(20,21)6-3-4-23-7(6)8(17)18;5-3(6)1-4-2-10(7,8)9;1-4(2)3/h2-7H,1H3;3-4H,1-2H3,(H,17,18)(H2,12,13,14,15,16,19);4H,1-2H2,(H,5,6)(H2,7,8,9);1-3H3/q;;;+1/p-1. The number of esters is 1. The van der Waals surface area contributed by atoms with Crippen LogP contribution in [0.15, 0.2) is 52.7 Å². The maximum absolute atomic E-state index is 12.1. The van der Waals surface area contributed by atoms with Crippen molar-refractivity contribution in [3.63, 3.8) is 0 Å². The number of thiophene rings is 1. The van der Waals surface area contributed by atoms with Gasteiger partial charge in [0.15, 0.2) is 0 Å². The van der Waals surface area contributed by atoms with Crippen LogP contribution in [0.3, 0.4) is 0 Å². The van der Waals surface area contributed by atoms with E-state index in [0.717, 1.165) is 30.6 Å². The number of ether oxygens (including phenoxy) is 3. The van der Waals surface area contributed by atoms with E-state index < -0.39 is 69.1 Å². The average Bonchev–Trinajstić information content (AvgIpc) is 3.64. The summed E-state index contributed by atoms with van der Waals surface area (Å²) in [4.78, 5) is 82.9. The molecule has 2 aromatic carbocycles. The molecule has 0 saturated heterocycles. The second kappa shape index (κ2) is 24.8. The number of nitrogens with zero attached hydrogens (tertiary/aromatic N) is 4. The van der Waals surface area contributed by atoms with Crippen molar-refractivity contribution in [1.29, 1.82) is 0 Å². The summed E-state index contributed by atoms with van der Waals surface area (Å²) in [5.41, 5.74) is -0.587. The predicted molar refractivity (Wildman–Crippen MR) is 218 cm³/mol. The van der Waals surface area contributed by atoms with Crippen LogP contribution >= 0.6 is 42.1 Å². The molecule has 2 heterocycles. The molecule has 0 aliphatic rings. The highest BCUT2D eigenvalue weighted by molar-refractivity contribution is 7.94. The Kier molecular flexibility index (Phi) is 21.8. The van der Waals surface area contributed by atoms with Gasteiger partial charge < -0.3 is 38.8 Å². The number of amides is 2. The molecule has 4 rings (SSSR count). The number of nitro benzene ring substituents is 1. The van der Waals surface area contributed by atoms with Crippen molar-refractivity contribution >= 4 is 98.6 Å². The summed E-state index contributed by atoms with van der Waals surface area (Å²) in [6.07, 6.45) is 5.87. The van der Waals surface area contributed by atoms with Crippen molar-refractivity contribution in [1.82, 2.24) is 25.0 Å². The van der Waals surface area contributed by atoms with Gasteiger partial charge in [-0.3, -0.25) is 25.5 Å². The Bertz CT molecular complexity index is 2310. The van der Waals surface area contributed by atoms with Crippen molar-refractivity contribution in [2.45, 2.75) is 11.8 Å². The Balaban J connectivity index is 0.000000460. The highest BCUT2D eigenvalue weighted by Gasteiger charge is 2.26. The molecule has 328 valence electrons. The third-order valence-corrected chi connectivity index (χ3v) is 9.31. The number of aromatic carboxylic acids is 1. The maximum atomic E-state index is 12.1. The largest absolute Gasteiger partial charge is 0.778 e. The summed E-state index contributed by atoms with van der Waals surface area (Å²) in [6, 6.07) is 8.21. The van der Waals surface area contributed by atoms with Crippen LogP contribution in [0.1, 0.15) is 25.9 Å². The fraction of sp³-hybridized carbons (Fsp3) is 0.258. The molecule has 4 aromatic rings. The van der Waals surface area contributed by atoms with Crippen LogP contribution in [0, 0.1) is 17.0 Å². The van der Waals surface area contributed by atoms with Gasteiger partial charge in [0.2, 0.25) is 5.95 Å². The van der Waals surface area contributed by atoms with Gasteiger partial charge >= 0.3 is 29.9 Å². The van der Waals surface area contributed by atoms with Gasteiger partial charge in [-0.15, -0.1) is 11.3 Å². The Morgan fingerprint density at radius 3 is 2.17 bits per heavy atom. The van der Waals surface area contributed by atoms with Crippen LogP contribution < -0.4 is 29.7 Å². The summed E-state index contributed by atoms with van der Waals surface area (Å²) >= 11 is 12.5. The van der Waals surface area contributed by atoms with E-state index in [4.69, 9.17) is 47.8 Å². The van der Waals surface area contributed by atoms with Crippen molar-refractivity contribution in [2.75, 3.05) is 51.1 Å². The number of carboxylic acid groups (broad SMARTS) is 2. The summed E-state index contributed by atoms with van der Waals surface area (Å²) in [5, 5.41) is 34.0. The van der Waals surface area contributed by atoms with Crippen LogP contribution in [-0.2, 0) is 35.0 Å². The van der Waals surface area contributed by atoms with Gasteiger partial charge in [0.1, 0.15) is 40.3 Å². The van der Waals surface area contributed by atoms with Crippen LogP contribution in [0.2, 0.25) is 10.0 Å². The summed E-state index contributed by atoms with van der Waals surface area (Å²) in [5.74, 6) is -2.90. The molecule has 60 heavy (non-hydrogen) atoms. The lowest BCUT2D eigenvalue weighted by atomic mass is 10.1. The summed E-state index contributed by atoms with van der Waals surface area (Å²) in [6.45, 7) is 1.04. The molecule has 0 bridgehead atoms. The van der Waals surface area contributed by atoms with Crippen molar-refractivity contribution < 1.29 is 71.3 Å². The number of carboxylic acids is 2. The highest BCUT2D eigenvalue weighted by atomic mass is 35.5. The third kappa shape index (κ3) is 19.7. The Hall–Kier alpha value is -5.18. The molecule has 29 heteroatoms. The number of aliphatic carboxylic acids is 1. The molecule has 0 aliphatic carbocycles. The van der Waals surface area contributed by atoms with Gasteiger partial charge in [-0.25, -0.2) is 27.5 Å². The second-order valence-corrected chi connectivity index (χ2v) is 18.6. The van der Waals surface area contributed by atoms with E-state index >= 15 is 0 Å². The Morgan fingerprint density at radius 2 is 1.65 bits per heavy atom. The smallest absolute Gasteiger partial charge is 0.347 e. The zero-order valence-corrected chi connectivity index (χ0v) is 36.8. The van der Waals surface area contributed by atoms with Crippen LogP contribution in [0.25, 0.3) is 0 Å². The molecule has 0 saturated carbocycles. The molecule has 1 unspecified atom stereocenters. The molecule has 6 N–H and O–H groups in total. The fourth-order valence-electron chi connectivity index (χ4n) is 3.57. The lowest BCUT2D eigenvalue weighted by Gasteiger charge is -2.14. The Labute approximate surface area is 358 Å². The first kappa shape index (κ1) is 52.8. The van der Waals surface area contributed by atoms with Crippen LogP contribution in [0.4, 0.5) is 16.4 Å². The lowest BCUT2D eigenvalue weighted by molar-refractivity contribution is -0.385. The third-order valence-electron chi connectivity index (χ3n) is 5.75. The van der Waals surface area contributed by atoms with Crippen LogP contribution in [0.5, 0.6) is 17.5 Å². The van der Waals surface area contributed by atoms with Gasteiger partial charge in [0.25, 0.3) is 15.7 Å². The number of sulfonamides is 1. The first-order valence-electron chi connectivity index (χ1n) is 15.7. The number of carbonyl (C=O) groups is 4. The fourth-order valence-corrected chi connectivity index (χ4v) is 6.58. The van der Waals surface area contributed by atoms with Gasteiger partial charge in [0, 0.05) is 17.2 Å². The summed E-state index contributed by atoms with van der Waals surface area (Å²) < 4.78 is 50.7. The number of hydrogen-bond acceptors (Lipinski definition) is 18. The van der Waals surface area contributed by atoms with Gasteiger partial charge in [0.05, 0.1) is 55.8 Å². The monoisotopic (exact) mass is 959 g/mol. The van der Waals surface area contributed by atoms with E-state index in [9.17, 15) is 47.2 Å². The zero-order chi connectivity index (χ0) is 46.0. The number of urea groups is 1. The number of benzene rings is 2. The number of aromatic nitrogens is 3. The second-order valence-electron chi connectivity index (χ2n) is 11.1. The minimum absolute atomic E-state index is 0.0633. The number of hydrogen-bond donors (Lipinski definition) is 6. The maximum Gasteiger partial charge on any atom is 0.347 e. The number of halogens is 2. The van der Waals surface area contributed by atoms with E-state index in [2.05, 4.69) is 43.8 Å². The summed E-state index contributed by atoms with van der Waals surface area (Å²) in [7, 11) is -5.63. The van der Waals surface area contributed by atoms with Gasteiger partial charge in [-0.2, -0.15) is 15.0 Å². The quantitative estimate of drug-likeness (QED) is 0.0366. The molecule has 2 aromatic heterocycles. The number of aryl methyl sites for hydroxylation is 1.